The molecule has 14 heavy (non-hydrogen) atoms. The maximum atomic E-state index is 8.93. The molecular formula is C11H23NOSi. The van der Waals surface area contributed by atoms with Crippen LogP contribution < -0.4 is 0 Å². The summed E-state index contributed by atoms with van der Waals surface area (Å²) in [6, 6.07) is 2.24. The van der Waals surface area contributed by atoms with Gasteiger partial charge in [0.25, 0.3) is 0 Å². The minimum atomic E-state index is -1.75. The molecule has 0 amide bonds. The van der Waals surface area contributed by atoms with E-state index in [9.17, 15) is 0 Å². The van der Waals surface area contributed by atoms with E-state index in [2.05, 4.69) is 46.9 Å². The van der Waals surface area contributed by atoms with Gasteiger partial charge in [-0.2, -0.15) is 5.26 Å². The normalized spacial score (nSPS) is 14.9. The van der Waals surface area contributed by atoms with Crippen LogP contribution in [0.15, 0.2) is 0 Å². The van der Waals surface area contributed by atoms with Gasteiger partial charge in [-0.1, -0.05) is 34.1 Å². The summed E-state index contributed by atoms with van der Waals surface area (Å²) in [7, 11) is -1.75. The van der Waals surface area contributed by atoms with Crippen molar-refractivity contribution >= 4 is 8.32 Å². The SMILES string of the molecule is CCC[C@H](C#N)O[Si](C)(C)C(C)(C)C. The van der Waals surface area contributed by atoms with Crippen LogP contribution in [-0.2, 0) is 4.43 Å². The van der Waals surface area contributed by atoms with Crippen molar-refractivity contribution in [3.63, 3.8) is 0 Å². The van der Waals surface area contributed by atoms with Crippen LogP contribution in [0.5, 0.6) is 0 Å². The second-order valence-corrected chi connectivity index (χ2v) is 10.0. The van der Waals surface area contributed by atoms with Gasteiger partial charge in [-0.05, 0) is 24.6 Å². The van der Waals surface area contributed by atoms with Crippen LogP contribution in [0.25, 0.3) is 0 Å². The molecule has 0 saturated heterocycles. The van der Waals surface area contributed by atoms with E-state index in [4.69, 9.17) is 9.69 Å². The quantitative estimate of drug-likeness (QED) is 0.667. The Morgan fingerprint density at radius 3 is 2.14 bits per heavy atom. The van der Waals surface area contributed by atoms with Crippen LogP contribution in [0, 0.1) is 11.3 Å². The van der Waals surface area contributed by atoms with Crippen LogP contribution in [0.4, 0.5) is 0 Å². The van der Waals surface area contributed by atoms with Crippen molar-refractivity contribution in [2.75, 3.05) is 0 Å². The van der Waals surface area contributed by atoms with E-state index in [1.807, 2.05) is 0 Å². The Balaban J connectivity index is 4.42. The highest BCUT2D eigenvalue weighted by Crippen LogP contribution is 2.37. The molecule has 0 aliphatic heterocycles. The fourth-order valence-electron chi connectivity index (χ4n) is 0.944. The topological polar surface area (TPSA) is 33.0 Å². The van der Waals surface area contributed by atoms with Gasteiger partial charge in [-0.15, -0.1) is 0 Å². The second kappa shape index (κ2) is 4.95. The number of nitriles is 1. The minimum Gasteiger partial charge on any atom is -0.401 e. The van der Waals surface area contributed by atoms with Crippen molar-refractivity contribution in [1.29, 1.82) is 5.26 Å². The third-order valence-corrected chi connectivity index (χ3v) is 7.42. The molecule has 0 rings (SSSR count). The van der Waals surface area contributed by atoms with E-state index in [1.165, 1.54) is 0 Å². The van der Waals surface area contributed by atoms with Crippen molar-refractivity contribution < 1.29 is 4.43 Å². The van der Waals surface area contributed by atoms with Crippen LogP contribution in [0.3, 0.4) is 0 Å². The smallest absolute Gasteiger partial charge is 0.193 e. The molecule has 2 nitrogen and oxygen atoms in total. The van der Waals surface area contributed by atoms with Crippen molar-refractivity contribution in [3.8, 4) is 6.07 Å². The number of hydrogen-bond donors (Lipinski definition) is 0. The molecule has 0 radical (unpaired) electrons. The van der Waals surface area contributed by atoms with Crippen LogP contribution in [-0.4, -0.2) is 14.4 Å². The fraction of sp³-hybridized carbons (Fsp3) is 0.909. The van der Waals surface area contributed by atoms with E-state index >= 15 is 0 Å². The van der Waals surface area contributed by atoms with E-state index < -0.39 is 8.32 Å². The van der Waals surface area contributed by atoms with Crippen LogP contribution in [0.2, 0.25) is 18.1 Å². The summed E-state index contributed by atoms with van der Waals surface area (Å²) in [5.74, 6) is 0. The van der Waals surface area contributed by atoms with Crippen molar-refractivity contribution in [2.24, 2.45) is 0 Å². The van der Waals surface area contributed by atoms with Crippen LogP contribution in [0.1, 0.15) is 40.5 Å². The monoisotopic (exact) mass is 213 g/mol. The molecule has 82 valence electrons. The van der Waals surface area contributed by atoms with Gasteiger partial charge in [0, 0.05) is 0 Å². The lowest BCUT2D eigenvalue weighted by atomic mass is 10.2. The zero-order valence-corrected chi connectivity index (χ0v) is 11.3. The van der Waals surface area contributed by atoms with Gasteiger partial charge < -0.3 is 4.43 Å². The molecule has 0 aliphatic carbocycles. The first-order valence-corrected chi connectivity index (χ1v) is 8.23. The van der Waals surface area contributed by atoms with E-state index in [-0.39, 0.29) is 11.1 Å². The highest BCUT2D eigenvalue weighted by molar-refractivity contribution is 6.74. The molecule has 0 saturated carbocycles. The molecule has 0 aromatic rings. The van der Waals surface area contributed by atoms with Gasteiger partial charge >= 0.3 is 0 Å². The van der Waals surface area contributed by atoms with Crippen molar-refractivity contribution in [1.82, 2.24) is 0 Å². The largest absolute Gasteiger partial charge is 0.401 e. The summed E-state index contributed by atoms with van der Waals surface area (Å²) in [5, 5.41) is 9.12. The maximum Gasteiger partial charge on any atom is 0.193 e. The third kappa shape index (κ3) is 3.81. The van der Waals surface area contributed by atoms with Crippen LogP contribution >= 0.6 is 0 Å². The number of hydrogen-bond acceptors (Lipinski definition) is 2. The summed E-state index contributed by atoms with van der Waals surface area (Å²) in [4.78, 5) is 0. The van der Waals surface area contributed by atoms with Gasteiger partial charge in [-0.3, -0.25) is 0 Å². The number of nitrogens with zero attached hydrogens (tertiary/aromatic N) is 1. The van der Waals surface area contributed by atoms with Crippen molar-refractivity contribution in [3.05, 3.63) is 0 Å². The molecule has 0 aromatic heterocycles. The summed E-state index contributed by atoms with van der Waals surface area (Å²) in [5.41, 5.74) is 0. The van der Waals surface area contributed by atoms with E-state index in [0.29, 0.717) is 0 Å². The van der Waals surface area contributed by atoms with Gasteiger partial charge in [-0.25, -0.2) is 0 Å². The van der Waals surface area contributed by atoms with E-state index in [0.717, 1.165) is 12.8 Å². The molecule has 0 spiro atoms. The van der Waals surface area contributed by atoms with Crippen molar-refractivity contribution in [2.45, 2.75) is 64.8 Å². The Labute approximate surface area is 89.4 Å². The number of rotatable bonds is 4. The Hall–Kier alpha value is -0.333. The van der Waals surface area contributed by atoms with E-state index in [1.54, 1.807) is 0 Å². The first-order chi connectivity index (χ1) is 6.24. The maximum absolute atomic E-state index is 8.93. The minimum absolute atomic E-state index is 0.190. The predicted molar refractivity (Wildman–Crippen MR) is 62.6 cm³/mol. The molecule has 0 aromatic carbocycles. The molecule has 0 unspecified atom stereocenters. The summed E-state index contributed by atoms with van der Waals surface area (Å²) in [6.45, 7) is 13.0. The molecule has 1 atom stereocenters. The van der Waals surface area contributed by atoms with Gasteiger partial charge in [0.05, 0.1) is 6.07 Å². The summed E-state index contributed by atoms with van der Waals surface area (Å²) < 4.78 is 5.97. The first kappa shape index (κ1) is 13.7. The average Bonchev–Trinajstić information content (AvgIpc) is 2.01. The lowest BCUT2D eigenvalue weighted by molar-refractivity contribution is 0.220. The molecule has 3 heteroatoms. The fourth-order valence-corrected chi connectivity index (χ4v) is 2.18. The summed E-state index contributed by atoms with van der Waals surface area (Å²) >= 11 is 0. The Kier molecular flexibility index (Phi) is 4.83. The lowest BCUT2D eigenvalue weighted by Gasteiger charge is -2.37. The Bertz CT molecular complexity index is 212. The zero-order valence-electron chi connectivity index (χ0n) is 10.3. The Morgan fingerprint density at radius 1 is 1.36 bits per heavy atom. The third-order valence-electron chi connectivity index (χ3n) is 2.94. The molecule has 0 aliphatic rings. The molecular weight excluding hydrogens is 190 g/mol. The highest BCUT2D eigenvalue weighted by Gasteiger charge is 2.38. The highest BCUT2D eigenvalue weighted by atomic mass is 28.4. The van der Waals surface area contributed by atoms with Gasteiger partial charge in [0.1, 0.15) is 6.10 Å². The Morgan fingerprint density at radius 2 is 1.86 bits per heavy atom. The first-order valence-electron chi connectivity index (χ1n) is 5.32. The molecule has 0 bridgehead atoms. The molecule has 0 fully saturated rings. The zero-order chi connectivity index (χ0) is 11.4. The second-order valence-electron chi connectivity index (χ2n) is 5.28. The van der Waals surface area contributed by atoms with Gasteiger partial charge in [0.2, 0.25) is 0 Å². The standard InChI is InChI=1S/C11H23NOSi/c1-7-8-10(9-12)13-14(5,6)11(2,3)4/h10H,7-8H2,1-6H3/t10-/m1/s1. The van der Waals surface area contributed by atoms with Gasteiger partial charge in [0.15, 0.2) is 8.32 Å². The average molecular weight is 213 g/mol. The lowest BCUT2D eigenvalue weighted by Crippen LogP contribution is -2.43. The molecule has 0 heterocycles. The summed E-state index contributed by atoms with van der Waals surface area (Å²) in [6.07, 6.45) is 1.65. The molecule has 0 N–H and O–H groups in total. The predicted octanol–water partition coefficient (Wildman–Crippen LogP) is 3.70.